The monoisotopic (exact) mass is 294 g/mol. The normalized spacial score (nSPS) is 10.5. The van der Waals surface area contributed by atoms with Gasteiger partial charge in [-0.3, -0.25) is 5.10 Å². The molecule has 108 valence electrons. The van der Waals surface area contributed by atoms with E-state index in [1.165, 1.54) is 16.9 Å². The second-order valence-electron chi connectivity index (χ2n) is 4.30. The number of aromatic amines is 1. The van der Waals surface area contributed by atoms with Crippen molar-refractivity contribution < 1.29 is 9.53 Å². The van der Waals surface area contributed by atoms with Crippen LogP contribution >= 0.6 is 11.3 Å². The van der Waals surface area contributed by atoms with Crippen molar-refractivity contribution in [3.63, 3.8) is 0 Å². The topological polar surface area (TPSA) is 79.9 Å². The molecule has 0 aliphatic heterocycles. The maximum atomic E-state index is 11.7. The first kappa shape index (κ1) is 14.5. The van der Waals surface area contributed by atoms with Gasteiger partial charge in [-0.1, -0.05) is 0 Å². The Morgan fingerprint density at radius 3 is 3.10 bits per heavy atom. The zero-order chi connectivity index (χ0) is 14.4. The van der Waals surface area contributed by atoms with Gasteiger partial charge in [-0.15, -0.1) is 11.3 Å². The van der Waals surface area contributed by atoms with Crippen LogP contribution in [0, 0.1) is 6.92 Å². The third-order valence-electron chi connectivity index (χ3n) is 2.88. The molecule has 6 nitrogen and oxygen atoms in total. The Hall–Kier alpha value is -1.89. The number of hydrogen-bond donors (Lipinski definition) is 2. The van der Waals surface area contributed by atoms with Gasteiger partial charge in [0.25, 0.3) is 0 Å². The van der Waals surface area contributed by atoms with E-state index in [2.05, 4.69) is 20.5 Å². The van der Waals surface area contributed by atoms with Crippen LogP contribution in [0.25, 0.3) is 0 Å². The summed E-state index contributed by atoms with van der Waals surface area (Å²) in [6, 6.07) is 0. The van der Waals surface area contributed by atoms with Gasteiger partial charge in [-0.25, -0.2) is 9.78 Å². The number of carbonyl (C=O) groups is 1. The number of esters is 1. The fraction of sp³-hybridized carbons (Fsp3) is 0.462. The highest BCUT2D eigenvalue weighted by Crippen LogP contribution is 2.21. The lowest BCUT2D eigenvalue weighted by molar-refractivity contribution is 0.0521. The van der Waals surface area contributed by atoms with Gasteiger partial charge < -0.3 is 10.1 Å². The van der Waals surface area contributed by atoms with E-state index in [0.717, 1.165) is 30.1 Å². The minimum Gasteiger partial charge on any atom is -0.461 e. The van der Waals surface area contributed by atoms with Crippen molar-refractivity contribution in [1.29, 1.82) is 0 Å². The number of carbonyl (C=O) groups excluding carboxylic acids is 1. The Bertz CT molecular complexity index is 564. The predicted molar refractivity (Wildman–Crippen MR) is 78.2 cm³/mol. The van der Waals surface area contributed by atoms with E-state index in [0.29, 0.717) is 12.3 Å². The second kappa shape index (κ2) is 7.04. The van der Waals surface area contributed by atoms with Gasteiger partial charge in [0.15, 0.2) is 5.69 Å². The van der Waals surface area contributed by atoms with Gasteiger partial charge in [-0.2, -0.15) is 5.10 Å². The Morgan fingerprint density at radius 1 is 1.55 bits per heavy atom. The molecule has 2 aromatic rings. The number of aryl methyl sites for hydroxylation is 2. The molecular weight excluding hydrogens is 276 g/mol. The summed E-state index contributed by atoms with van der Waals surface area (Å²) in [4.78, 5) is 15.7. The highest BCUT2D eigenvalue weighted by atomic mass is 32.1. The van der Waals surface area contributed by atoms with Crippen molar-refractivity contribution >= 4 is 22.3 Å². The van der Waals surface area contributed by atoms with Gasteiger partial charge in [0.1, 0.15) is 5.00 Å². The molecule has 0 aromatic carbocycles. The van der Waals surface area contributed by atoms with Gasteiger partial charge >= 0.3 is 5.97 Å². The molecule has 0 saturated heterocycles. The number of rotatable bonds is 7. The van der Waals surface area contributed by atoms with E-state index < -0.39 is 0 Å². The molecular formula is C13H18N4O2S. The molecule has 0 fully saturated rings. The van der Waals surface area contributed by atoms with Crippen LogP contribution in [0.5, 0.6) is 0 Å². The van der Waals surface area contributed by atoms with Crippen molar-refractivity contribution in [3.8, 4) is 0 Å². The molecule has 7 heteroatoms. The molecule has 2 aromatic heterocycles. The summed E-state index contributed by atoms with van der Waals surface area (Å²) >= 11 is 1.41. The van der Waals surface area contributed by atoms with Gasteiger partial charge in [0.2, 0.25) is 0 Å². The first-order valence-corrected chi connectivity index (χ1v) is 7.43. The first-order valence-electron chi connectivity index (χ1n) is 6.55. The second-order valence-corrected chi connectivity index (χ2v) is 5.16. The van der Waals surface area contributed by atoms with Crippen LogP contribution in [0.3, 0.4) is 0 Å². The van der Waals surface area contributed by atoms with Crippen LogP contribution in [-0.4, -0.2) is 34.3 Å². The molecule has 0 unspecified atom stereocenters. The molecule has 0 aliphatic carbocycles. The Kier molecular flexibility index (Phi) is 5.11. The lowest BCUT2D eigenvalue weighted by atomic mass is 10.1. The minimum atomic E-state index is -0.373. The van der Waals surface area contributed by atoms with Crippen molar-refractivity contribution in [1.82, 2.24) is 15.2 Å². The number of nitrogens with zero attached hydrogens (tertiary/aromatic N) is 2. The van der Waals surface area contributed by atoms with Crippen LogP contribution in [0.1, 0.15) is 35.1 Å². The van der Waals surface area contributed by atoms with Crippen molar-refractivity contribution in [2.45, 2.75) is 26.7 Å². The zero-order valence-electron chi connectivity index (χ0n) is 11.6. The van der Waals surface area contributed by atoms with Crippen molar-refractivity contribution in [3.05, 3.63) is 28.7 Å². The minimum absolute atomic E-state index is 0.357. The van der Waals surface area contributed by atoms with E-state index in [4.69, 9.17) is 4.74 Å². The maximum Gasteiger partial charge on any atom is 0.360 e. The van der Waals surface area contributed by atoms with E-state index in [1.807, 2.05) is 13.1 Å². The lowest BCUT2D eigenvalue weighted by Crippen LogP contribution is -2.10. The summed E-state index contributed by atoms with van der Waals surface area (Å²) in [7, 11) is 0. The van der Waals surface area contributed by atoms with Crippen molar-refractivity contribution in [2.75, 3.05) is 18.5 Å². The summed E-state index contributed by atoms with van der Waals surface area (Å²) in [6.07, 6.45) is 3.76. The van der Waals surface area contributed by atoms with Gasteiger partial charge in [-0.05, 0) is 32.3 Å². The molecule has 0 radical (unpaired) electrons. The molecule has 20 heavy (non-hydrogen) atoms. The number of anilines is 1. The van der Waals surface area contributed by atoms with E-state index >= 15 is 0 Å². The number of nitrogens with one attached hydrogen (secondary N) is 2. The molecule has 0 saturated carbocycles. The fourth-order valence-electron chi connectivity index (χ4n) is 1.82. The third-order valence-corrected chi connectivity index (χ3v) is 3.66. The summed E-state index contributed by atoms with van der Waals surface area (Å²) in [5, 5.41) is 10.9. The lowest BCUT2D eigenvalue weighted by Gasteiger charge is -2.05. The quantitative estimate of drug-likeness (QED) is 0.605. The first-order chi connectivity index (χ1) is 9.72. The molecule has 0 spiro atoms. The number of H-pyrrole nitrogens is 1. The van der Waals surface area contributed by atoms with Crippen LogP contribution < -0.4 is 5.32 Å². The summed E-state index contributed by atoms with van der Waals surface area (Å²) in [6.45, 7) is 4.93. The Labute approximate surface area is 121 Å². The van der Waals surface area contributed by atoms with E-state index in [1.54, 1.807) is 12.4 Å². The third kappa shape index (κ3) is 3.57. The van der Waals surface area contributed by atoms with Gasteiger partial charge in [0.05, 0.1) is 18.3 Å². The average molecular weight is 294 g/mol. The van der Waals surface area contributed by atoms with Crippen molar-refractivity contribution in [2.24, 2.45) is 0 Å². The molecule has 2 rings (SSSR count). The summed E-state index contributed by atoms with van der Waals surface area (Å²) in [5.74, 6) is -0.373. The van der Waals surface area contributed by atoms with Crippen LogP contribution in [0.15, 0.2) is 11.7 Å². The number of thiazole rings is 1. The van der Waals surface area contributed by atoms with Crippen LogP contribution in [-0.2, 0) is 11.2 Å². The number of aromatic nitrogens is 3. The standard InChI is InChI=1S/C13H18N4O2S/c1-3-19-13(18)11-12(20-8-15-11)14-6-4-5-10-7-16-17-9(10)2/h7-8,14H,3-6H2,1-2H3,(H,16,17). The Morgan fingerprint density at radius 2 is 2.40 bits per heavy atom. The van der Waals surface area contributed by atoms with Crippen LogP contribution in [0.2, 0.25) is 0 Å². The highest BCUT2D eigenvalue weighted by Gasteiger charge is 2.15. The molecule has 0 amide bonds. The zero-order valence-corrected chi connectivity index (χ0v) is 12.4. The number of ether oxygens (including phenoxy) is 1. The fourth-order valence-corrected chi connectivity index (χ4v) is 2.52. The van der Waals surface area contributed by atoms with Gasteiger partial charge in [0, 0.05) is 12.2 Å². The van der Waals surface area contributed by atoms with E-state index in [9.17, 15) is 4.79 Å². The molecule has 0 aliphatic rings. The molecule has 0 bridgehead atoms. The largest absolute Gasteiger partial charge is 0.461 e. The van der Waals surface area contributed by atoms with E-state index in [-0.39, 0.29) is 5.97 Å². The average Bonchev–Trinajstić information content (AvgIpc) is 3.04. The Balaban J connectivity index is 1.81. The highest BCUT2D eigenvalue weighted by molar-refractivity contribution is 7.14. The SMILES string of the molecule is CCOC(=O)c1ncsc1NCCCc1cn[nH]c1C. The predicted octanol–water partition coefficient (Wildman–Crippen LogP) is 2.40. The summed E-state index contributed by atoms with van der Waals surface area (Å²) in [5.41, 5.74) is 4.35. The number of hydrogen-bond acceptors (Lipinski definition) is 6. The maximum absolute atomic E-state index is 11.7. The molecule has 0 atom stereocenters. The smallest absolute Gasteiger partial charge is 0.360 e. The summed E-state index contributed by atoms with van der Waals surface area (Å²) < 4.78 is 4.96. The molecule has 2 N–H and O–H groups in total. The van der Waals surface area contributed by atoms with Crippen LogP contribution in [0.4, 0.5) is 5.00 Å². The molecule has 2 heterocycles.